The Kier molecular flexibility index (Phi) is 4.03. The molecule has 0 aliphatic carbocycles. The zero-order valence-corrected chi connectivity index (χ0v) is 10.5. The Bertz CT molecular complexity index is 618. The fourth-order valence-corrected chi connectivity index (χ4v) is 1.78. The summed E-state index contributed by atoms with van der Waals surface area (Å²) < 4.78 is 4.83. The smallest absolute Gasteiger partial charge is 0.414 e. The van der Waals surface area contributed by atoms with Gasteiger partial charge in [0.15, 0.2) is 5.75 Å². The molecule has 0 fully saturated rings. The summed E-state index contributed by atoms with van der Waals surface area (Å²) in [7, 11) is 0. The Labute approximate surface area is 113 Å². The Hall–Kier alpha value is -2.05. The van der Waals surface area contributed by atoms with Crippen molar-refractivity contribution in [2.75, 3.05) is 13.2 Å². The van der Waals surface area contributed by atoms with Crippen LogP contribution in [0.5, 0.6) is 11.6 Å². The standard InChI is InChI=1S/C12H11ClN2O4/c13-10-8-4-2-1-3-7(8)9(17)11(15-10)19-12(18)14-5-6-16/h1-4,16-17H,5-6H2,(H,14,18). The summed E-state index contributed by atoms with van der Waals surface area (Å²) in [4.78, 5) is 15.2. The first-order valence-electron chi connectivity index (χ1n) is 5.47. The van der Waals surface area contributed by atoms with Crippen LogP contribution >= 0.6 is 11.6 Å². The molecular weight excluding hydrogens is 272 g/mol. The van der Waals surface area contributed by atoms with E-state index in [0.29, 0.717) is 10.8 Å². The van der Waals surface area contributed by atoms with Crippen LogP contribution in [0.2, 0.25) is 5.15 Å². The number of ether oxygens (including phenoxy) is 1. The zero-order valence-electron chi connectivity index (χ0n) is 9.76. The van der Waals surface area contributed by atoms with E-state index in [-0.39, 0.29) is 29.9 Å². The van der Waals surface area contributed by atoms with Gasteiger partial charge in [-0.05, 0) is 0 Å². The molecule has 1 aromatic carbocycles. The summed E-state index contributed by atoms with van der Waals surface area (Å²) in [5.41, 5.74) is 0. The van der Waals surface area contributed by atoms with Crippen LogP contribution in [-0.2, 0) is 0 Å². The number of benzene rings is 1. The van der Waals surface area contributed by atoms with E-state index in [4.69, 9.17) is 21.4 Å². The van der Waals surface area contributed by atoms with Gasteiger partial charge in [-0.15, -0.1) is 0 Å². The van der Waals surface area contributed by atoms with Gasteiger partial charge < -0.3 is 20.3 Å². The highest BCUT2D eigenvalue weighted by molar-refractivity contribution is 6.34. The molecule has 6 nitrogen and oxygen atoms in total. The van der Waals surface area contributed by atoms with E-state index in [9.17, 15) is 9.90 Å². The molecule has 0 spiro atoms. The normalized spacial score (nSPS) is 10.4. The molecule has 0 bridgehead atoms. The maximum atomic E-state index is 11.3. The molecule has 0 saturated carbocycles. The summed E-state index contributed by atoms with van der Waals surface area (Å²) in [5.74, 6) is -0.543. The van der Waals surface area contributed by atoms with Crippen LogP contribution in [0, 0.1) is 0 Å². The lowest BCUT2D eigenvalue weighted by molar-refractivity contribution is 0.192. The minimum absolute atomic E-state index is 0.0426. The minimum Gasteiger partial charge on any atom is -0.503 e. The molecule has 0 aliphatic heterocycles. The SMILES string of the molecule is O=C(NCCO)Oc1nc(Cl)c2ccccc2c1O. The van der Waals surface area contributed by atoms with Gasteiger partial charge in [-0.25, -0.2) is 4.79 Å². The van der Waals surface area contributed by atoms with Crippen LogP contribution < -0.4 is 10.1 Å². The lowest BCUT2D eigenvalue weighted by Gasteiger charge is -2.09. The monoisotopic (exact) mass is 282 g/mol. The first-order chi connectivity index (χ1) is 9.13. The third-order valence-corrected chi connectivity index (χ3v) is 2.67. The number of nitrogens with one attached hydrogen (secondary N) is 1. The highest BCUT2D eigenvalue weighted by atomic mass is 35.5. The van der Waals surface area contributed by atoms with Gasteiger partial charge in [0.2, 0.25) is 0 Å². The third-order valence-electron chi connectivity index (χ3n) is 2.38. The van der Waals surface area contributed by atoms with E-state index < -0.39 is 6.09 Å². The molecule has 1 amide bonds. The molecule has 19 heavy (non-hydrogen) atoms. The van der Waals surface area contributed by atoms with Gasteiger partial charge in [-0.3, -0.25) is 0 Å². The summed E-state index contributed by atoms with van der Waals surface area (Å²) in [6, 6.07) is 6.80. The largest absolute Gasteiger partial charge is 0.503 e. The summed E-state index contributed by atoms with van der Waals surface area (Å²) in [5, 5.41) is 21.9. The highest BCUT2D eigenvalue weighted by Crippen LogP contribution is 2.36. The fraction of sp³-hybridized carbons (Fsp3) is 0.167. The average Bonchev–Trinajstić information content (AvgIpc) is 2.42. The summed E-state index contributed by atoms with van der Waals surface area (Å²) in [6.07, 6.45) is -0.830. The van der Waals surface area contributed by atoms with Crippen molar-refractivity contribution in [3.05, 3.63) is 29.4 Å². The molecule has 2 rings (SSSR count). The number of hydrogen-bond acceptors (Lipinski definition) is 5. The Morgan fingerprint density at radius 2 is 2.05 bits per heavy atom. The lowest BCUT2D eigenvalue weighted by Crippen LogP contribution is -2.29. The van der Waals surface area contributed by atoms with Gasteiger partial charge in [0.25, 0.3) is 5.88 Å². The maximum Gasteiger partial charge on any atom is 0.414 e. The van der Waals surface area contributed by atoms with Gasteiger partial charge in [0, 0.05) is 17.3 Å². The van der Waals surface area contributed by atoms with Crippen molar-refractivity contribution in [1.29, 1.82) is 0 Å². The zero-order chi connectivity index (χ0) is 13.8. The summed E-state index contributed by atoms with van der Waals surface area (Å²) in [6.45, 7) is -0.173. The molecule has 2 aromatic rings. The van der Waals surface area contributed by atoms with Gasteiger partial charge in [0.05, 0.1) is 6.61 Å². The van der Waals surface area contributed by atoms with Crippen molar-refractivity contribution in [2.24, 2.45) is 0 Å². The van der Waals surface area contributed by atoms with Crippen LogP contribution in [0.4, 0.5) is 4.79 Å². The second kappa shape index (κ2) is 5.73. The first kappa shape index (κ1) is 13.4. The maximum absolute atomic E-state index is 11.3. The Morgan fingerprint density at radius 1 is 1.37 bits per heavy atom. The molecule has 0 saturated heterocycles. The topological polar surface area (TPSA) is 91.7 Å². The van der Waals surface area contributed by atoms with Crippen molar-refractivity contribution >= 4 is 28.5 Å². The predicted octanol–water partition coefficient (Wildman–Crippen LogP) is 1.67. The molecule has 7 heteroatoms. The number of aromatic hydroxyl groups is 1. The van der Waals surface area contributed by atoms with E-state index in [2.05, 4.69) is 10.3 Å². The van der Waals surface area contributed by atoms with Gasteiger partial charge in [-0.2, -0.15) is 4.98 Å². The van der Waals surface area contributed by atoms with Crippen molar-refractivity contribution < 1.29 is 19.7 Å². The summed E-state index contributed by atoms with van der Waals surface area (Å²) >= 11 is 5.95. The van der Waals surface area contributed by atoms with Crippen molar-refractivity contribution in [2.45, 2.75) is 0 Å². The highest BCUT2D eigenvalue weighted by Gasteiger charge is 2.15. The second-order valence-corrected chi connectivity index (χ2v) is 4.00. The van der Waals surface area contributed by atoms with Crippen molar-refractivity contribution in [1.82, 2.24) is 10.3 Å². The number of pyridine rings is 1. The quantitative estimate of drug-likeness (QED) is 0.745. The predicted molar refractivity (Wildman–Crippen MR) is 69.5 cm³/mol. The number of hydrogen-bond donors (Lipinski definition) is 3. The molecule has 1 heterocycles. The average molecular weight is 283 g/mol. The van der Waals surface area contributed by atoms with Gasteiger partial charge in [-0.1, -0.05) is 35.9 Å². The molecule has 0 atom stereocenters. The molecule has 0 unspecified atom stereocenters. The number of aliphatic hydroxyl groups excluding tert-OH is 1. The molecular formula is C12H11ClN2O4. The van der Waals surface area contributed by atoms with E-state index >= 15 is 0 Å². The van der Waals surface area contributed by atoms with Crippen molar-refractivity contribution in [3.8, 4) is 11.6 Å². The van der Waals surface area contributed by atoms with Gasteiger partial charge in [0.1, 0.15) is 5.15 Å². The Balaban J connectivity index is 2.34. The molecule has 3 N–H and O–H groups in total. The van der Waals surface area contributed by atoms with Crippen LogP contribution in [0.3, 0.4) is 0 Å². The van der Waals surface area contributed by atoms with Crippen LogP contribution in [0.1, 0.15) is 0 Å². The number of nitrogens with zero attached hydrogens (tertiary/aromatic N) is 1. The van der Waals surface area contributed by atoms with E-state index in [0.717, 1.165) is 0 Å². The van der Waals surface area contributed by atoms with Crippen LogP contribution in [-0.4, -0.2) is 34.4 Å². The van der Waals surface area contributed by atoms with Gasteiger partial charge >= 0.3 is 6.09 Å². The molecule has 1 aromatic heterocycles. The number of aromatic nitrogens is 1. The Morgan fingerprint density at radius 3 is 2.74 bits per heavy atom. The number of fused-ring (bicyclic) bond motifs is 1. The minimum atomic E-state index is -0.830. The molecule has 0 radical (unpaired) electrons. The molecule has 100 valence electrons. The second-order valence-electron chi connectivity index (χ2n) is 3.64. The third kappa shape index (κ3) is 2.86. The van der Waals surface area contributed by atoms with E-state index in [1.165, 1.54) is 0 Å². The molecule has 0 aliphatic rings. The fourth-order valence-electron chi connectivity index (χ4n) is 1.54. The number of amides is 1. The number of carbonyl (C=O) groups is 1. The number of rotatable bonds is 3. The number of halogens is 1. The van der Waals surface area contributed by atoms with E-state index in [1.807, 2.05) is 0 Å². The van der Waals surface area contributed by atoms with E-state index in [1.54, 1.807) is 24.3 Å². The lowest BCUT2D eigenvalue weighted by atomic mass is 10.1. The first-order valence-corrected chi connectivity index (χ1v) is 5.85. The van der Waals surface area contributed by atoms with Crippen LogP contribution in [0.15, 0.2) is 24.3 Å². The van der Waals surface area contributed by atoms with Crippen molar-refractivity contribution in [3.63, 3.8) is 0 Å². The number of carbonyl (C=O) groups excluding carboxylic acids is 1. The van der Waals surface area contributed by atoms with Crippen LogP contribution in [0.25, 0.3) is 10.8 Å². The number of aliphatic hydroxyl groups is 1.